The monoisotopic (exact) mass is 316 g/mol. The van der Waals surface area contributed by atoms with Gasteiger partial charge in [0.15, 0.2) is 0 Å². The highest BCUT2D eigenvalue weighted by molar-refractivity contribution is 5.73. The Morgan fingerprint density at radius 1 is 1.48 bits per heavy atom. The molecule has 2 heterocycles. The van der Waals surface area contributed by atoms with Crippen molar-refractivity contribution in [1.29, 1.82) is 0 Å². The number of carbonyl (C=O) groups excluding carboxylic acids is 1. The van der Waals surface area contributed by atoms with Crippen LogP contribution < -0.4 is 0 Å². The second-order valence-corrected chi connectivity index (χ2v) is 6.54. The molecule has 1 aromatic carbocycles. The molecule has 1 unspecified atom stereocenters. The predicted octanol–water partition coefficient (Wildman–Crippen LogP) is 3.30. The van der Waals surface area contributed by atoms with Gasteiger partial charge in [0, 0.05) is 26.4 Å². The topological polar surface area (TPSA) is 46.3 Å². The predicted molar refractivity (Wildman–Crippen MR) is 84.5 cm³/mol. The van der Waals surface area contributed by atoms with Gasteiger partial charge in [-0.2, -0.15) is 0 Å². The Hall–Kier alpha value is -2.17. The van der Waals surface area contributed by atoms with Crippen LogP contribution in [0.2, 0.25) is 0 Å². The van der Waals surface area contributed by atoms with E-state index in [-0.39, 0.29) is 17.1 Å². The number of carbonyl (C=O) groups is 1. The van der Waals surface area contributed by atoms with Crippen LogP contribution in [0.1, 0.15) is 43.9 Å². The number of likely N-dealkylation sites (tertiary alicyclic amines) is 1. The molecule has 1 aliphatic rings. The second kappa shape index (κ2) is 6.14. The minimum absolute atomic E-state index is 0.0856. The molecule has 122 valence electrons. The molecule has 1 aromatic heterocycles. The summed E-state index contributed by atoms with van der Waals surface area (Å²) < 4.78 is 19.2. The molecule has 1 fully saturated rings. The lowest BCUT2D eigenvalue weighted by Gasteiger charge is -2.37. The van der Waals surface area contributed by atoms with E-state index in [0.29, 0.717) is 24.6 Å². The van der Waals surface area contributed by atoms with Gasteiger partial charge in [-0.05, 0) is 37.5 Å². The van der Waals surface area contributed by atoms with Gasteiger partial charge in [-0.3, -0.25) is 4.79 Å². The number of oxazole rings is 1. The first-order chi connectivity index (χ1) is 11.0. The Balaban J connectivity index is 1.77. The molecule has 0 spiro atoms. The zero-order valence-corrected chi connectivity index (χ0v) is 13.5. The fourth-order valence-electron chi connectivity index (χ4n) is 3.20. The van der Waals surface area contributed by atoms with Crippen molar-refractivity contribution in [2.24, 2.45) is 0 Å². The standard InChI is InChI=1S/C18H21FN2O2/c1-13(22)21-8-4-7-18(2,12-21)17-20-11-16(23-17)10-14-5-3-6-15(19)9-14/h3,5-6,9,11H,4,7-8,10,12H2,1-2H3. The average molecular weight is 316 g/mol. The van der Waals surface area contributed by atoms with Crippen molar-refractivity contribution in [3.8, 4) is 0 Å². The number of piperidine rings is 1. The van der Waals surface area contributed by atoms with Crippen molar-refractivity contribution < 1.29 is 13.6 Å². The van der Waals surface area contributed by atoms with Gasteiger partial charge in [0.25, 0.3) is 0 Å². The maximum absolute atomic E-state index is 13.3. The molecule has 0 aliphatic carbocycles. The van der Waals surface area contributed by atoms with Gasteiger partial charge in [0.1, 0.15) is 11.6 Å². The van der Waals surface area contributed by atoms with E-state index in [1.165, 1.54) is 12.1 Å². The highest BCUT2D eigenvalue weighted by Gasteiger charge is 2.37. The molecule has 0 bridgehead atoms. The third-order valence-corrected chi connectivity index (χ3v) is 4.48. The van der Waals surface area contributed by atoms with Gasteiger partial charge < -0.3 is 9.32 Å². The van der Waals surface area contributed by atoms with Gasteiger partial charge in [-0.15, -0.1) is 0 Å². The number of nitrogens with zero attached hydrogens (tertiary/aromatic N) is 2. The fourth-order valence-corrected chi connectivity index (χ4v) is 3.20. The van der Waals surface area contributed by atoms with Crippen molar-refractivity contribution in [2.45, 2.75) is 38.5 Å². The summed E-state index contributed by atoms with van der Waals surface area (Å²) in [5, 5.41) is 0. The lowest BCUT2D eigenvalue weighted by molar-refractivity contribution is -0.131. The number of halogens is 1. The average Bonchev–Trinajstić information content (AvgIpc) is 2.96. The van der Waals surface area contributed by atoms with Gasteiger partial charge in [0.2, 0.25) is 11.8 Å². The van der Waals surface area contributed by atoms with Crippen molar-refractivity contribution in [3.05, 3.63) is 53.5 Å². The number of hydrogen-bond acceptors (Lipinski definition) is 3. The van der Waals surface area contributed by atoms with Gasteiger partial charge >= 0.3 is 0 Å². The summed E-state index contributed by atoms with van der Waals surface area (Å²) in [5.41, 5.74) is 0.594. The summed E-state index contributed by atoms with van der Waals surface area (Å²) >= 11 is 0. The molecule has 4 nitrogen and oxygen atoms in total. The van der Waals surface area contributed by atoms with E-state index in [1.807, 2.05) is 11.0 Å². The van der Waals surface area contributed by atoms with Crippen LogP contribution >= 0.6 is 0 Å². The van der Waals surface area contributed by atoms with Gasteiger partial charge in [0.05, 0.1) is 11.6 Å². The summed E-state index contributed by atoms with van der Waals surface area (Å²) in [7, 11) is 0. The lowest BCUT2D eigenvalue weighted by atomic mass is 9.81. The van der Waals surface area contributed by atoms with Crippen LogP contribution in [0.4, 0.5) is 4.39 Å². The number of rotatable bonds is 3. The van der Waals surface area contributed by atoms with Gasteiger partial charge in [-0.1, -0.05) is 12.1 Å². The molecule has 5 heteroatoms. The van der Waals surface area contributed by atoms with Crippen LogP contribution in [0.25, 0.3) is 0 Å². The first kappa shape index (κ1) is 15.7. The van der Waals surface area contributed by atoms with Crippen LogP contribution in [0.5, 0.6) is 0 Å². The smallest absolute Gasteiger partial charge is 0.219 e. The van der Waals surface area contributed by atoms with E-state index in [0.717, 1.165) is 24.9 Å². The molecule has 23 heavy (non-hydrogen) atoms. The zero-order valence-electron chi connectivity index (χ0n) is 13.5. The van der Waals surface area contributed by atoms with E-state index in [4.69, 9.17) is 4.42 Å². The molecule has 1 saturated heterocycles. The molecule has 0 N–H and O–H groups in total. The van der Waals surface area contributed by atoms with Crippen molar-refractivity contribution in [3.63, 3.8) is 0 Å². The van der Waals surface area contributed by atoms with E-state index < -0.39 is 0 Å². The SMILES string of the molecule is CC(=O)N1CCCC(C)(c2ncc(Cc3cccc(F)c3)o2)C1. The Bertz CT molecular complexity index is 713. The summed E-state index contributed by atoms with van der Waals surface area (Å²) in [5.74, 6) is 1.21. The molecule has 3 rings (SSSR count). The molecule has 1 amide bonds. The number of aromatic nitrogens is 1. The summed E-state index contributed by atoms with van der Waals surface area (Å²) in [4.78, 5) is 17.9. The number of benzene rings is 1. The highest BCUT2D eigenvalue weighted by atomic mass is 19.1. The third kappa shape index (κ3) is 3.44. The minimum Gasteiger partial charge on any atom is -0.445 e. The molecule has 0 saturated carbocycles. The first-order valence-corrected chi connectivity index (χ1v) is 7.91. The quantitative estimate of drug-likeness (QED) is 0.873. The minimum atomic E-state index is -0.260. The molecule has 2 aromatic rings. The van der Waals surface area contributed by atoms with E-state index in [1.54, 1.807) is 19.2 Å². The highest BCUT2D eigenvalue weighted by Crippen LogP contribution is 2.33. The Morgan fingerprint density at radius 2 is 2.30 bits per heavy atom. The number of amides is 1. The largest absolute Gasteiger partial charge is 0.445 e. The Morgan fingerprint density at radius 3 is 3.04 bits per heavy atom. The van der Waals surface area contributed by atoms with Crippen molar-refractivity contribution >= 4 is 5.91 Å². The van der Waals surface area contributed by atoms with Crippen molar-refractivity contribution in [1.82, 2.24) is 9.88 Å². The summed E-state index contributed by atoms with van der Waals surface area (Å²) in [6.45, 7) is 5.10. The van der Waals surface area contributed by atoms with Crippen molar-refractivity contribution in [2.75, 3.05) is 13.1 Å². The lowest BCUT2D eigenvalue weighted by Crippen LogP contribution is -2.46. The molecule has 1 atom stereocenters. The van der Waals surface area contributed by atoms with E-state index >= 15 is 0 Å². The number of hydrogen-bond donors (Lipinski definition) is 0. The maximum atomic E-state index is 13.3. The van der Waals surface area contributed by atoms with E-state index in [2.05, 4.69) is 11.9 Å². The van der Waals surface area contributed by atoms with E-state index in [9.17, 15) is 9.18 Å². The second-order valence-electron chi connectivity index (χ2n) is 6.54. The van der Waals surface area contributed by atoms with Crippen LogP contribution in [-0.2, 0) is 16.6 Å². The summed E-state index contributed by atoms with van der Waals surface area (Å²) in [6.07, 6.45) is 4.10. The normalized spacial score (nSPS) is 21.4. The fraction of sp³-hybridized carbons (Fsp3) is 0.444. The summed E-state index contributed by atoms with van der Waals surface area (Å²) in [6, 6.07) is 6.48. The zero-order chi connectivity index (χ0) is 16.4. The first-order valence-electron chi connectivity index (χ1n) is 7.91. The maximum Gasteiger partial charge on any atom is 0.219 e. The van der Waals surface area contributed by atoms with Crippen LogP contribution in [0.3, 0.4) is 0 Å². The van der Waals surface area contributed by atoms with Crippen LogP contribution in [0.15, 0.2) is 34.9 Å². The molecule has 0 radical (unpaired) electrons. The molecular formula is C18H21FN2O2. The third-order valence-electron chi connectivity index (χ3n) is 4.48. The molecular weight excluding hydrogens is 295 g/mol. The van der Waals surface area contributed by atoms with Crippen LogP contribution in [-0.4, -0.2) is 28.9 Å². The Labute approximate surface area is 135 Å². The Kier molecular flexibility index (Phi) is 4.20. The van der Waals surface area contributed by atoms with Gasteiger partial charge in [-0.25, -0.2) is 9.37 Å². The molecule has 1 aliphatic heterocycles. The van der Waals surface area contributed by atoms with Crippen LogP contribution in [0, 0.1) is 5.82 Å².